The van der Waals surface area contributed by atoms with Gasteiger partial charge in [0.05, 0.1) is 10.8 Å². The molecule has 3 N–H and O–H groups in total. The summed E-state index contributed by atoms with van der Waals surface area (Å²) < 4.78 is 27.1. The number of carbonyl (C=O) groups is 1. The molecule has 154 valence electrons. The highest BCUT2D eigenvalue weighted by atomic mass is 35.5. The Kier molecular flexibility index (Phi) is 9.10. The van der Waals surface area contributed by atoms with E-state index in [2.05, 4.69) is 4.72 Å². The first-order valence-corrected chi connectivity index (χ1v) is 10.3. The Labute approximate surface area is 173 Å². The van der Waals surface area contributed by atoms with E-state index in [0.29, 0.717) is 0 Å². The normalized spacial score (nSPS) is 13.3. The van der Waals surface area contributed by atoms with Crippen LogP contribution in [0.25, 0.3) is 0 Å². The van der Waals surface area contributed by atoms with E-state index in [4.69, 9.17) is 5.73 Å². The van der Waals surface area contributed by atoms with E-state index in [0.717, 1.165) is 11.1 Å². The van der Waals surface area contributed by atoms with Crippen LogP contribution in [0.3, 0.4) is 0 Å². The zero-order valence-electron chi connectivity index (χ0n) is 16.3. The lowest BCUT2D eigenvalue weighted by Crippen LogP contribution is -2.41. The zero-order chi connectivity index (χ0) is 20.0. The molecule has 2 unspecified atom stereocenters. The number of amides is 1. The molecule has 8 heteroatoms. The largest absolute Gasteiger partial charge is 0.344 e. The lowest BCUT2D eigenvalue weighted by atomic mass is 9.94. The van der Waals surface area contributed by atoms with E-state index in [1.807, 2.05) is 37.3 Å². The SMILES string of the molecule is Cc1ccc(S(=O)(=O)NCCN(C)C(=O)C(C)C(N)c2ccccc2)cc1.Cl. The van der Waals surface area contributed by atoms with Crippen LogP contribution in [-0.4, -0.2) is 39.4 Å². The number of nitrogens with zero attached hydrogens (tertiary/aromatic N) is 1. The molecule has 1 amide bonds. The van der Waals surface area contributed by atoms with Gasteiger partial charge in [0.15, 0.2) is 0 Å². The quantitative estimate of drug-likeness (QED) is 0.679. The second-order valence-electron chi connectivity index (χ2n) is 6.70. The first-order chi connectivity index (χ1) is 12.7. The van der Waals surface area contributed by atoms with Crippen molar-refractivity contribution in [3.05, 3.63) is 65.7 Å². The van der Waals surface area contributed by atoms with Crippen LogP contribution in [0.1, 0.15) is 24.1 Å². The van der Waals surface area contributed by atoms with E-state index in [1.165, 1.54) is 4.90 Å². The Morgan fingerprint density at radius 1 is 1.11 bits per heavy atom. The van der Waals surface area contributed by atoms with Gasteiger partial charge in [-0.3, -0.25) is 4.79 Å². The fraction of sp³-hybridized carbons (Fsp3) is 0.350. The summed E-state index contributed by atoms with van der Waals surface area (Å²) in [4.78, 5) is 14.3. The van der Waals surface area contributed by atoms with Crippen molar-refractivity contribution in [2.24, 2.45) is 11.7 Å². The van der Waals surface area contributed by atoms with Crippen molar-refractivity contribution in [1.29, 1.82) is 0 Å². The van der Waals surface area contributed by atoms with Crippen LogP contribution in [0.4, 0.5) is 0 Å². The summed E-state index contributed by atoms with van der Waals surface area (Å²) in [5.41, 5.74) is 8.09. The Bertz CT molecular complexity index is 858. The van der Waals surface area contributed by atoms with Crippen LogP contribution in [0.5, 0.6) is 0 Å². The van der Waals surface area contributed by atoms with E-state index in [1.54, 1.807) is 38.2 Å². The maximum absolute atomic E-state index is 12.6. The average molecular weight is 426 g/mol. The van der Waals surface area contributed by atoms with Gasteiger partial charge in [0, 0.05) is 26.2 Å². The average Bonchev–Trinajstić information content (AvgIpc) is 2.67. The number of benzene rings is 2. The molecule has 28 heavy (non-hydrogen) atoms. The third-order valence-electron chi connectivity index (χ3n) is 4.56. The van der Waals surface area contributed by atoms with Crippen molar-refractivity contribution in [3.63, 3.8) is 0 Å². The monoisotopic (exact) mass is 425 g/mol. The molecule has 0 aromatic heterocycles. The molecule has 0 fully saturated rings. The summed E-state index contributed by atoms with van der Waals surface area (Å²) in [5.74, 6) is -0.535. The van der Waals surface area contributed by atoms with Gasteiger partial charge >= 0.3 is 0 Å². The van der Waals surface area contributed by atoms with Gasteiger partial charge in [-0.05, 0) is 24.6 Å². The van der Waals surface area contributed by atoms with Gasteiger partial charge in [-0.15, -0.1) is 12.4 Å². The number of halogens is 1. The van der Waals surface area contributed by atoms with Crippen molar-refractivity contribution in [3.8, 4) is 0 Å². The minimum atomic E-state index is -3.59. The highest BCUT2D eigenvalue weighted by Crippen LogP contribution is 2.20. The zero-order valence-corrected chi connectivity index (χ0v) is 18.0. The first kappa shape index (κ1) is 24.1. The van der Waals surface area contributed by atoms with Crippen LogP contribution < -0.4 is 10.5 Å². The summed E-state index contributed by atoms with van der Waals surface area (Å²) in [6.07, 6.45) is 0. The topological polar surface area (TPSA) is 92.5 Å². The van der Waals surface area contributed by atoms with E-state index >= 15 is 0 Å². The van der Waals surface area contributed by atoms with Gasteiger partial charge in [0.2, 0.25) is 15.9 Å². The van der Waals surface area contributed by atoms with Crippen molar-refractivity contribution in [2.45, 2.75) is 24.8 Å². The van der Waals surface area contributed by atoms with E-state index in [-0.39, 0.29) is 36.3 Å². The van der Waals surface area contributed by atoms with Gasteiger partial charge in [0.25, 0.3) is 0 Å². The number of likely N-dealkylation sites (N-methyl/N-ethyl adjacent to an activating group) is 1. The molecule has 0 aliphatic rings. The predicted molar refractivity (Wildman–Crippen MR) is 114 cm³/mol. The molecule has 0 spiro atoms. The fourth-order valence-electron chi connectivity index (χ4n) is 2.72. The molecule has 0 aliphatic carbocycles. The van der Waals surface area contributed by atoms with Crippen LogP contribution in [0, 0.1) is 12.8 Å². The number of hydrogen-bond acceptors (Lipinski definition) is 4. The molecule has 0 heterocycles. The van der Waals surface area contributed by atoms with Crippen LogP contribution in [0.15, 0.2) is 59.5 Å². The number of nitrogens with two attached hydrogens (primary N) is 1. The molecule has 2 aromatic carbocycles. The Morgan fingerprint density at radius 3 is 2.25 bits per heavy atom. The van der Waals surface area contributed by atoms with Crippen LogP contribution >= 0.6 is 12.4 Å². The minimum Gasteiger partial charge on any atom is -0.344 e. The van der Waals surface area contributed by atoms with Crippen LogP contribution in [-0.2, 0) is 14.8 Å². The molecule has 0 aliphatic heterocycles. The molecule has 0 saturated heterocycles. The summed E-state index contributed by atoms with van der Waals surface area (Å²) in [6.45, 7) is 4.07. The van der Waals surface area contributed by atoms with Gasteiger partial charge in [-0.1, -0.05) is 55.0 Å². The van der Waals surface area contributed by atoms with Gasteiger partial charge in [-0.25, -0.2) is 13.1 Å². The molecule has 2 atom stereocenters. The highest BCUT2D eigenvalue weighted by Gasteiger charge is 2.25. The number of nitrogens with one attached hydrogen (secondary N) is 1. The standard InChI is InChI=1S/C20H27N3O3S.ClH/c1-15-9-11-18(12-10-15)27(25,26)22-13-14-23(3)20(24)16(2)19(21)17-7-5-4-6-8-17;/h4-12,16,19,22H,13-14,21H2,1-3H3;1H. The third-order valence-corrected chi connectivity index (χ3v) is 6.04. The fourth-order valence-corrected chi connectivity index (χ4v) is 3.74. The lowest BCUT2D eigenvalue weighted by molar-refractivity contribution is -0.134. The summed E-state index contributed by atoms with van der Waals surface area (Å²) >= 11 is 0. The molecular weight excluding hydrogens is 398 g/mol. The second-order valence-corrected chi connectivity index (χ2v) is 8.46. The maximum atomic E-state index is 12.6. The van der Waals surface area contributed by atoms with E-state index < -0.39 is 22.0 Å². The minimum absolute atomic E-state index is 0. The van der Waals surface area contributed by atoms with Gasteiger partial charge < -0.3 is 10.6 Å². The van der Waals surface area contributed by atoms with Crippen molar-refractivity contribution in [2.75, 3.05) is 20.1 Å². The molecular formula is C20H28ClN3O3S. The van der Waals surface area contributed by atoms with Gasteiger partial charge in [0.1, 0.15) is 0 Å². The highest BCUT2D eigenvalue weighted by molar-refractivity contribution is 7.89. The van der Waals surface area contributed by atoms with Crippen molar-refractivity contribution < 1.29 is 13.2 Å². The number of carbonyl (C=O) groups excluding carboxylic acids is 1. The maximum Gasteiger partial charge on any atom is 0.240 e. The molecule has 0 saturated carbocycles. The Balaban J connectivity index is 0.00000392. The molecule has 2 aromatic rings. The smallest absolute Gasteiger partial charge is 0.240 e. The Hall–Kier alpha value is -1.93. The second kappa shape index (κ2) is 10.6. The summed E-state index contributed by atoms with van der Waals surface area (Å²) in [6, 6.07) is 15.7. The molecule has 2 rings (SSSR count). The van der Waals surface area contributed by atoms with Gasteiger partial charge in [-0.2, -0.15) is 0 Å². The van der Waals surface area contributed by atoms with Crippen molar-refractivity contribution in [1.82, 2.24) is 9.62 Å². The van der Waals surface area contributed by atoms with Crippen LogP contribution in [0.2, 0.25) is 0 Å². The predicted octanol–water partition coefficient (Wildman–Crippen LogP) is 2.49. The summed E-state index contributed by atoms with van der Waals surface area (Å²) in [5, 5.41) is 0. The van der Waals surface area contributed by atoms with E-state index in [9.17, 15) is 13.2 Å². The molecule has 0 bridgehead atoms. The first-order valence-electron chi connectivity index (χ1n) is 8.84. The number of rotatable bonds is 8. The number of aryl methyl sites for hydroxylation is 1. The number of hydrogen-bond donors (Lipinski definition) is 2. The molecule has 0 radical (unpaired) electrons. The van der Waals surface area contributed by atoms with Crippen molar-refractivity contribution >= 4 is 28.3 Å². The lowest BCUT2D eigenvalue weighted by Gasteiger charge is -2.25. The molecule has 6 nitrogen and oxygen atoms in total. The third kappa shape index (κ3) is 6.31. The summed E-state index contributed by atoms with van der Waals surface area (Å²) in [7, 11) is -1.94. The Morgan fingerprint density at radius 2 is 1.68 bits per heavy atom. The number of sulfonamides is 1.